The summed E-state index contributed by atoms with van der Waals surface area (Å²) in [6, 6.07) is 17.4. The Bertz CT molecular complexity index is 811. The van der Waals surface area contributed by atoms with Crippen molar-refractivity contribution in [3.8, 4) is 11.5 Å². The summed E-state index contributed by atoms with van der Waals surface area (Å²) in [5, 5.41) is 3.20. The second-order valence-corrected chi connectivity index (χ2v) is 9.19. The van der Waals surface area contributed by atoms with Crippen LogP contribution in [0.2, 0.25) is 0 Å². The van der Waals surface area contributed by atoms with Gasteiger partial charge in [-0.15, -0.1) is 0 Å². The predicted molar refractivity (Wildman–Crippen MR) is 113 cm³/mol. The summed E-state index contributed by atoms with van der Waals surface area (Å²) in [6.07, 6.45) is 7.33. The largest absolute Gasteiger partial charge is 0.490 e. The zero-order chi connectivity index (χ0) is 19.7. The van der Waals surface area contributed by atoms with Crippen molar-refractivity contribution in [3.63, 3.8) is 0 Å². The average Bonchev–Trinajstić information content (AvgIpc) is 2.72. The Morgan fingerprint density at radius 2 is 1.31 bits per heavy atom. The van der Waals surface area contributed by atoms with Crippen LogP contribution in [0.3, 0.4) is 0 Å². The molecule has 29 heavy (non-hydrogen) atoms. The van der Waals surface area contributed by atoms with Gasteiger partial charge in [-0.05, 0) is 92.7 Å². The van der Waals surface area contributed by atoms with E-state index in [1.54, 1.807) is 0 Å². The highest BCUT2D eigenvalue weighted by Gasteiger charge is 2.54. The van der Waals surface area contributed by atoms with Crippen molar-refractivity contribution in [2.75, 3.05) is 18.5 Å². The minimum Gasteiger partial charge on any atom is -0.490 e. The molecule has 4 fully saturated rings. The van der Waals surface area contributed by atoms with Crippen molar-refractivity contribution in [2.45, 2.75) is 38.5 Å². The third-order valence-corrected chi connectivity index (χ3v) is 7.00. The standard InChI is InChI=1S/C25H29NO3/c27-24(25-15-18-12-19(16-25)14-20(13-18)17-25)26-21-6-8-23(9-7-21)29-11-10-28-22-4-2-1-3-5-22/h1-9,18-20H,10-17H2,(H,26,27). The number of nitrogens with one attached hydrogen (secondary N) is 1. The fourth-order valence-corrected chi connectivity index (χ4v) is 6.12. The second-order valence-electron chi connectivity index (χ2n) is 9.19. The van der Waals surface area contributed by atoms with E-state index < -0.39 is 0 Å². The summed E-state index contributed by atoms with van der Waals surface area (Å²) in [4.78, 5) is 13.1. The van der Waals surface area contributed by atoms with Gasteiger partial charge in [0.2, 0.25) is 5.91 Å². The molecule has 152 valence electrons. The number of carbonyl (C=O) groups is 1. The van der Waals surface area contributed by atoms with Crippen LogP contribution in [-0.2, 0) is 4.79 Å². The zero-order valence-electron chi connectivity index (χ0n) is 16.8. The molecule has 4 aliphatic carbocycles. The molecule has 0 unspecified atom stereocenters. The normalized spacial score (nSPS) is 29.4. The van der Waals surface area contributed by atoms with E-state index in [9.17, 15) is 4.79 Å². The van der Waals surface area contributed by atoms with Crippen LogP contribution < -0.4 is 14.8 Å². The molecule has 2 aromatic rings. The smallest absolute Gasteiger partial charge is 0.230 e. The van der Waals surface area contributed by atoms with Crippen molar-refractivity contribution in [1.29, 1.82) is 0 Å². The van der Waals surface area contributed by atoms with Crippen LogP contribution in [0.4, 0.5) is 5.69 Å². The Morgan fingerprint density at radius 3 is 1.86 bits per heavy atom. The lowest BCUT2D eigenvalue weighted by Crippen LogP contribution is -2.51. The van der Waals surface area contributed by atoms with E-state index in [0.717, 1.165) is 54.2 Å². The Labute approximate surface area is 172 Å². The molecule has 2 aromatic carbocycles. The van der Waals surface area contributed by atoms with Gasteiger partial charge in [-0.25, -0.2) is 0 Å². The molecular formula is C25H29NO3. The van der Waals surface area contributed by atoms with Crippen LogP contribution in [0.15, 0.2) is 54.6 Å². The number of hydrogen-bond acceptors (Lipinski definition) is 3. The Morgan fingerprint density at radius 1 is 0.793 bits per heavy atom. The van der Waals surface area contributed by atoms with E-state index in [0.29, 0.717) is 13.2 Å². The SMILES string of the molecule is O=C(Nc1ccc(OCCOc2ccccc2)cc1)C12CC3CC(CC(C3)C1)C2. The van der Waals surface area contributed by atoms with Gasteiger partial charge in [0.05, 0.1) is 5.41 Å². The number of hydrogen-bond donors (Lipinski definition) is 1. The third kappa shape index (κ3) is 3.98. The maximum atomic E-state index is 13.1. The maximum Gasteiger partial charge on any atom is 0.230 e. The Hall–Kier alpha value is -2.49. The van der Waals surface area contributed by atoms with E-state index in [-0.39, 0.29) is 11.3 Å². The third-order valence-electron chi connectivity index (χ3n) is 7.00. The molecule has 0 radical (unpaired) electrons. The topological polar surface area (TPSA) is 47.6 Å². The van der Waals surface area contributed by atoms with E-state index in [4.69, 9.17) is 9.47 Å². The van der Waals surface area contributed by atoms with Crippen LogP contribution in [0.25, 0.3) is 0 Å². The minimum absolute atomic E-state index is 0.112. The molecule has 4 bridgehead atoms. The van der Waals surface area contributed by atoms with Gasteiger partial charge in [0.25, 0.3) is 0 Å². The van der Waals surface area contributed by atoms with Gasteiger partial charge < -0.3 is 14.8 Å². The molecule has 1 amide bonds. The molecule has 0 aliphatic heterocycles. The van der Waals surface area contributed by atoms with Crippen LogP contribution >= 0.6 is 0 Å². The number of para-hydroxylation sites is 1. The van der Waals surface area contributed by atoms with E-state index in [2.05, 4.69) is 5.32 Å². The summed E-state index contributed by atoms with van der Waals surface area (Å²) in [5.74, 6) is 4.21. The van der Waals surface area contributed by atoms with Crippen molar-refractivity contribution in [2.24, 2.45) is 23.2 Å². The van der Waals surface area contributed by atoms with Gasteiger partial charge in [0, 0.05) is 5.69 Å². The van der Waals surface area contributed by atoms with Crippen LogP contribution in [0.1, 0.15) is 38.5 Å². The monoisotopic (exact) mass is 391 g/mol. The summed E-state index contributed by atoms with van der Waals surface area (Å²) in [5.41, 5.74) is 0.747. The molecule has 4 saturated carbocycles. The highest BCUT2D eigenvalue weighted by Crippen LogP contribution is 2.60. The number of ether oxygens (including phenoxy) is 2. The molecule has 4 heteroatoms. The Balaban J connectivity index is 1.12. The molecule has 0 spiro atoms. The fraction of sp³-hybridized carbons (Fsp3) is 0.480. The number of anilines is 1. The van der Waals surface area contributed by atoms with Gasteiger partial charge in [0.15, 0.2) is 0 Å². The molecule has 4 aliphatic rings. The van der Waals surface area contributed by atoms with Crippen molar-refractivity contribution in [3.05, 3.63) is 54.6 Å². The lowest BCUT2D eigenvalue weighted by molar-refractivity contribution is -0.140. The quantitative estimate of drug-likeness (QED) is 0.652. The van der Waals surface area contributed by atoms with Crippen LogP contribution in [0, 0.1) is 23.2 Å². The second kappa shape index (κ2) is 7.74. The summed E-state index contributed by atoms with van der Waals surface area (Å²) >= 11 is 0. The van der Waals surface area contributed by atoms with Crippen molar-refractivity contribution < 1.29 is 14.3 Å². The number of rotatable bonds is 7. The first-order chi connectivity index (χ1) is 14.2. The van der Waals surface area contributed by atoms with Gasteiger partial charge >= 0.3 is 0 Å². The molecule has 0 atom stereocenters. The maximum absolute atomic E-state index is 13.1. The highest BCUT2D eigenvalue weighted by atomic mass is 16.5. The van der Waals surface area contributed by atoms with Gasteiger partial charge in [0.1, 0.15) is 24.7 Å². The molecule has 0 aromatic heterocycles. The molecule has 0 heterocycles. The van der Waals surface area contributed by atoms with E-state index in [1.165, 1.54) is 19.3 Å². The lowest BCUT2D eigenvalue weighted by atomic mass is 9.49. The Kier molecular flexibility index (Phi) is 4.94. The van der Waals surface area contributed by atoms with Crippen molar-refractivity contribution >= 4 is 11.6 Å². The first kappa shape index (κ1) is 18.5. The number of amides is 1. The fourth-order valence-electron chi connectivity index (χ4n) is 6.12. The first-order valence-electron chi connectivity index (χ1n) is 10.9. The van der Waals surface area contributed by atoms with E-state index >= 15 is 0 Å². The summed E-state index contributed by atoms with van der Waals surface area (Å²) in [7, 11) is 0. The van der Waals surface area contributed by atoms with Crippen molar-refractivity contribution in [1.82, 2.24) is 0 Å². The first-order valence-corrected chi connectivity index (χ1v) is 10.9. The molecule has 4 nitrogen and oxygen atoms in total. The highest BCUT2D eigenvalue weighted by molar-refractivity contribution is 5.95. The van der Waals surface area contributed by atoms with Gasteiger partial charge in [-0.3, -0.25) is 4.79 Å². The van der Waals surface area contributed by atoms with Crippen LogP contribution in [-0.4, -0.2) is 19.1 Å². The molecule has 6 rings (SSSR count). The predicted octanol–water partition coefficient (Wildman–Crippen LogP) is 5.30. The van der Waals surface area contributed by atoms with Crippen LogP contribution in [0.5, 0.6) is 11.5 Å². The number of benzene rings is 2. The van der Waals surface area contributed by atoms with Gasteiger partial charge in [-0.2, -0.15) is 0 Å². The molecular weight excluding hydrogens is 362 g/mol. The zero-order valence-corrected chi connectivity index (χ0v) is 16.8. The lowest BCUT2D eigenvalue weighted by Gasteiger charge is -2.55. The minimum atomic E-state index is -0.112. The summed E-state index contributed by atoms with van der Waals surface area (Å²) in [6.45, 7) is 0.975. The van der Waals surface area contributed by atoms with Gasteiger partial charge in [-0.1, -0.05) is 18.2 Å². The van der Waals surface area contributed by atoms with E-state index in [1.807, 2.05) is 54.6 Å². The average molecular weight is 392 g/mol. The molecule has 0 saturated heterocycles. The number of carbonyl (C=O) groups excluding carboxylic acids is 1. The molecule has 1 N–H and O–H groups in total. The summed E-state index contributed by atoms with van der Waals surface area (Å²) < 4.78 is 11.4.